The van der Waals surface area contributed by atoms with Gasteiger partial charge in [0.1, 0.15) is 5.75 Å². The Labute approximate surface area is 205 Å². The summed E-state index contributed by atoms with van der Waals surface area (Å²) in [6.45, 7) is 6.03. The Balaban J connectivity index is 1.28. The van der Waals surface area contributed by atoms with Crippen molar-refractivity contribution in [3.05, 3.63) is 53.1 Å². The van der Waals surface area contributed by atoms with E-state index in [-0.39, 0.29) is 42.5 Å². The van der Waals surface area contributed by atoms with Crippen LogP contribution < -0.4 is 14.5 Å². The Kier molecular flexibility index (Phi) is 5.95. The van der Waals surface area contributed by atoms with E-state index < -0.39 is 11.9 Å². The van der Waals surface area contributed by atoms with E-state index in [2.05, 4.69) is 0 Å². The number of carbonyl (C=O) groups excluding carboxylic acids is 4. The first-order chi connectivity index (χ1) is 16.7. The predicted molar refractivity (Wildman–Crippen MR) is 131 cm³/mol. The molecule has 0 aromatic heterocycles. The summed E-state index contributed by atoms with van der Waals surface area (Å²) in [5.41, 5.74) is 4.16. The van der Waals surface area contributed by atoms with E-state index in [0.717, 1.165) is 42.5 Å². The van der Waals surface area contributed by atoms with E-state index in [1.807, 2.05) is 32.0 Å². The van der Waals surface area contributed by atoms with E-state index in [9.17, 15) is 19.2 Å². The molecule has 3 amide bonds. The van der Waals surface area contributed by atoms with Gasteiger partial charge >= 0.3 is 5.97 Å². The lowest BCUT2D eigenvalue weighted by molar-refractivity contribution is -0.139. The van der Waals surface area contributed by atoms with Crippen LogP contribution >= 0.6 is 0 Å². The second-order valence-corrected chi connectivity index (χ2v) is 10.1. The van der Waals surface area contributed by atoms with Gasteiger partial charge in [0.05, 0.1) is 23.4 Å². The van der Waals surface area contributed by atoms with Crippen LogP contribution in [0.25, 0.3) is 0 Å². The van der Waals surface area contributed by atoms with Gasteiger partial charge in [-0.25, -0.2) is 4.90 Å². The third-order valence-corrected chi connectivity index (χ3v) is 7.57. The van der Waals surface area contributed by atoms with Gasteiger partial charge in [0, 0.05) is 18.7 Å². The molecule has 35 heavy (non-hydrogen) atoms. The van der Waals surface area contributed by atoms with Gasteiger partial charge in [-0.2, -0.15) is 0 Å². The van der Waals surface area contributed by atoms with Gasteiger partial charge in [0.15, 0.2) is 0 Å². The van der Waals surface area contributed by atoms with E-state index in [1.165, 1.54) is 4.90 Å². The number of esters is 1. The quantitative estimate of drug-likeness (QED) is 0.376. The van der Waals surface area contributed by atoms with Crippen molar-refractivity contribution >= 4 is 35.1 Å². The molecular weight excluding hydrogens is 444 g/mol. The maximum atomic E-state index is 12.9. The number of imide groups is 1. The van der Waals surface area contributed by atoms with E-state index >= 15 is 0 Å². The topological polar surface area (TPSA) is 84.0 Å². The fourth-order valence-electron chi connectivity index (χ4n) is 5.75. The summed E-state index contributed by atoms with van der Waals surface area (Å²) in [5.74, 6) is -1.46. The van der Waals surface area contributed by atoms with E-state index in [1.54, 1.807) is 30.0 Å². The van der Waals surface area contributed by atoms with Crippen LogP contribution in [0.3, 0.4) is 0 Å². The average Bonchev–Trinajstić information content (AvgIpc) is 3.32. The number of benzene rings is 2. The summed E-state index contributed by atoms with van der Waals surface area (Å²) in [4.78, 5) is 54.4. The molecule has 3 aliphatic rings. The monoisotopic (exact) mass is 474 g/mol. The molecule has 3 atom stereocenters. The molecule has 7 nitrogen and oxygen atoms in total. The summed E-state index contributed by atoms with van der Waals surface area (Å²) in [5, 5.41) is 0. The van der Waals surface area contributed by atoms with Crippen molar-refractivity contribution in [1.29, 1.82) is 0 Å². The zero-order valence-electron chi connectivity index (χ0n) is 20.4. The second kappa shape index (κ2) is 8.95. The minimum absolute atomic E-state index is 0.0991. The van der Waals surface area contributed by atoms with Crippen molar-refractivity contribution in [3.8, 4) is 5.75 Å². The standard InChI is InChI=1S/C28H30N2O5/c1-16-8-10-23(17(2)12-16)29-15-19(14-25(29)31)28(34)35-20-9-11-24(18(3)13-20)30-26(32)21-6-4-5-7-22(21)27(30)33/h8-13,19,21-22H,4-7,14-15H2,1-3H3/t19-,21-,22-/m1/s1. The summed E-state index contributed by atoms with van der Waals surface area (Å²) in [6.07, 6.45) is 3.58. The van der Waals surface area contributed by atoms with E-state index in [0.29, 0.717) is 17.0 Å². The van der Waals surface area contributed by atoms with Crippen LogP contribution in [-0.4, -0.2) is 30.2 Å². The summed E-state index contributed by atoms with van der Waals surface area (Å²) in [6, 6.07) is 10.8. The van der Waals surface area contributed by atoms with Gasteiger partial charge in [0.2, 0.25) is 17.7 Å². The zero-order chi connectivity index (χ0) is 24.9. The van der Waals surface area contributed by atoms with Gasteiger partial charge in [-0.05, 0) is 69.0 Å². The molecule has 2 saturated heterocycles. The average molecular weight is 475 g/mol. The fourth-order valence-corrected chi connectivity index (χ4v) is 5.75. The molecule has 3 fully saturated rings. The molecule has 0 bridgehead atoms. The molecule has 2 aromatic carbocycles. The highest BCUT2D eigenvalue weighted by atomic mass is 16.5. The molecule has 2 aromatic rings. The third kappa shape index (κ3) is 4.13. The maximum absolute atomic E-state index is 12.9. The largest absolute Gasteiger partial charge is 0.426 e. The lowest BCUT2D eigenvalue weighted by Gasteiger charge is -2.20. The summed E-state index contributed by atoms with van der Waals surface area (Å²) >= 11 is 0. The van der Waals surface area contributed by atoms with Gasteiger partial charge in [-0.15, -0.1) is 0 Å². The molecule has 0 N–H and O–H groups in total. The fraction of sp³-hybridized carbons (Fsp3) is 0.429. The van der Waals surface area contributed by atoms with Crippen molar-refractivity contribution in [3.63, 3.8) is 0 Å². The van der Waals surface area contributed by atoms with Gasteiger partial charge in [-0.1, -0.05) is 30.5 Å². The third-order valence-electron chi connectivity index (χ3n) is 7.57. The lowest BCUT2D eigenvalue weighted by atomic mass is 9.81. The molecule has 1 saturated carbocycles. The number of aryl methyl sites for hydroxylation is 3. The Hall–Kier alpha value is -3.48. The lowest BCUT2D eigenvalue weighted by Crippen LogP contribution is -2.31. The first-order valence-electron chi connectivity index (χ1n) is 12.3. The van der Waals surface area contributed by atoms with Crippen molar-refractivity contribution in [2.45, 2.75) is 52.9 Å². The number of rotatable bonds is 4. The number of amides is 3. The Bertz CT molecular complexity index is 1210. The van der Waals surface area contributed by atoms with Crippen molar-refractivity contribution in [2.24, 2.45) is 17.8 Å². The number of hydrogen-bond acceptors (Lipinski definition) is 5. The smallest absolute Gasteiger partial charge is 0.316 e. The van der Waals surface area contributed by atoms with Crippen molar-refractivity contribution in [2.75, 3.05) is 16.3 Å². The maximum Gasteiger partial charge on any atom is 0.316 e. The molecular formula is C28H30N2O5. The summed E-state index contributed by atoms with van der Waals surface area (Å²) < 4.78 is 5.62. The molecule has 0 radical (unpaired) electrons. The Morgan fingerprint density at radius 1 is 0.857 bits per heavy atom. The molecule has 0 unspecified atom stereocenters. The first-order valence-corrected chi connectivity index (χ1v) is 12.3. The normalized spacial score (nSPS) is 24.2. The zero-order valence-corrected chi connectivity index (χ0v) is 20.4. The number of nitrogens with zero attached hydrogens (tertiary/aromatic N) is 2. The molecule has 1 aliphatic carbocycles. The van der Waals surface area contributed by atoms with Gasteiger partial charge in [0.25, 0.3) is 0 Å². The van der Waals surface area contributed by atoms with Crippen LogP contribution in [0.5, 0.6) is 5.75 Å². The highest BCUT2D eigenvalue weighted by Gasteiger charge is 2.49. The number of carbonyl (C=O) groups is 4. The number of anilines is 2. The first kappa shape index (κ1) is 23.3. The molecule has 2 heterocycles. The Morgan fingerprint density at radius 3 is 2.11 bits per heavy atom. The molecule has 0 spiro atoms. The number of fused-ring (bicyclic) bond motifs is 1. The minimum atomic E-state index is -0.562. The van der Waals surface area contributed by atoms with E-state index in [4.69, 9.17) is 4.74 Å². The summed E-state index contributed by atoms with van der Waals surface area (Å²) in [7, 11) is 0. The number of hydrogen-bond donors (Lipinski definition) is 0. The van der Waals surface area contributed by atoms with Crippen LogP contribution in [-0.2, 0) is 19.2 Å². The predicted octanol–water partition coefficient (Wildman–Crippen LogP) is 4.25. The van der Waals surface area contributed by atoms with Crippen LogP contribution in [0, 0.1) is 38.5 Å². The molecule has 7 heteroatoms. The van der Waals surface area contributed by atoms with Crippen molar-refractivity contribution < 1.29 is 23.9 Å². The Morgan fingerprint density at radius 2 is 1.49 bits per heavy atom. The van der Waals surface area contributed by atoms with Gasteiger partial charge < -0.3 is 9.64 Å². The molecule has 2 aliphatic heterocycles. The van der Waals surface area contributed by atoms with Crippen LogP contribution in [0.15, 0.2) is 36.4 Å². The van der Waals surface area contributed by atoms with Crippen LogP contribution in [0.1, 0.15) is 48.8 Å². The number of ether oxygens (including phenoxy) is 1. The van der Waals surface area contributed by atoms with Crippen molar-refractivity contribution in [1.82, 2.24) is 0 Å². The minimum Gasteiger partial charge on any atom is -0.426 e. The highest BCUT2D eigenvalue weighted by Crippen LogP contribution is 2.41. The molecule has 182 valence electrons. The molecule has 5 rings (SSSR count). The second-order valence-electron chi connectivity index (χ2n) is 10.1. The van der Waals surface area contributed by atoms with Crippen LogP contribution in [0.2, 0.25) is 0 Å². The highest BCUT2D eigenvalue weighted by molar-refractivity contribution is 6.22. The van der Waals surface area contributed by atoms with Crippen LogP contribution in [0.4, 0.5) is 11.4 Å². The SMILES string of the molecule is Cc1ccc(N2C[C@H](C(=O)Oc3ccc(N4C(=O)[C@@H]5CCCC[C@H]5C4=O)c(C)c3)CC2=O)c(C)c1. The van der Waals surface area contributed by atoms with Gasteiger partial charge in [-0.3, -0.25) is 19.2 Å².